The summed E-state index contributed by atoms with van der Waals surface area (Å²) in [6.45, 7) is 2.39. The van der Waals surface area contributed by atoms with Gasteiger partial charge in [-0.3, -0.25) is 4.79 Å². The summed E-state index contributed by atoms with van der Waals surface area (Å²) in [7, 11) is 0. The molecule has 1 amide bonds. The molecule has 0 atom stereocenters. The maximum absolute atomic E-state index is 12.0. The number of oxazole rings is 1. The normalized spacial score (nSPS) is 10.7. The average molecular weight is 347 g/mol. The Labute approximate surface area is 143 Å². The molecule has 1 aromatic carbocycles. The summed E-state index contributed by atoms with van der Waals surface area (Å²) < 4.78 is 5.69. The number of carbonyl (C=O) groups excluding carboxylic acids is 1. The van der Waals surface area contributed by atoms with Crippen LogP contribution in [0.3, 0.4) is 0 Å². The number of halogens is 1. The van der Waals surface area contributed by atoms with Crippen LogP contribution in [0.15, 0.2) is 46.2 Å². The molecule has 3 rings (SSSR count). The van der Waals surface area contributed by atoms with Gasteiger partial charge >= 0.3 is 0 Å². The smallest absolute Gasteiger partial charge is 0.251 e. The number of amides is 1. The summed E-state index contributed by atoms with van der Waals surface area (Å²) in [4.78, 5) is 17.5. The predicted molar refractivity (Wildman–Crippen MR) is 92.0 cm³/mol. The third-order valence-corrected chi connectivity index (χ3v) is 4.49. The van der Waals surface area contributed by atoms with Gasteiger partial charge in [0.2, 0.25) is 5.89 Å². The molecule has 0 spiro atoms. The highest BCUT2D eigenvalue weighted by atomic mass is 35.5. The minimum Gasteiger partial charge on any atom is -0.440 e. The highest BCUT2D eigenvalue weighted by molar-refractivity contribution is 7.13. The van der Waals surface area contributed by atoms with Crippen molar-refractivity contribution < 1.29 is 9.21 Å². The number of hydrogen-bond donors (Lipinski definition) is 1. The first-order chi connectivity index (χ1) is 11.1. The van der Waals surface area contributed by atoms with Gasteiger partial charge in [-0.15, -0.1) is 11.3 Å². The van der Waals surface area contributed by atoms with E-state index in [9.17, 15) is 4.79 Å². The van der Waals surface area contributed by atoms with Crippen LogP contribution in [-0.4, -0.2) is 17.4 Å². The van der Waals surface area contributed by atoms with Crippen molar-refractivity contribution in [2.75, 3.05) is 6.54 Å². The van der Waals surface area contributed by atoms with Gasteiger partial charge in [0.15, 0.2) is 0 Å². The molecule has 0 radical (unpaired) electrons. The first-order valence-electron chi connectivity index (χ1n) is 7.17. The highest BCUT2D eigenvalue weighted by Crippen LogP contribution is 2.25. The summed E-state index contributed by atoms with van der Waals surface area (Å²) in [5, 5.41) is 5.48. The molecule has 1 N–H and O–H groups in total. The van der Waals surface area contributed by atoms with E-state index in [1.165, 1.54) is 0 Å². The van der Waals surface area contributed by atoms with Gasteiger partial charge < -0.3 is 9.73 Å². The molecule has 23 heavy (non-hydrogen) atoms. The van der Waals surface area contributed by atoms with Crippen LogP contribution in [-0.2, 0) is 6.42 Å². The quantitative estimate of drug-likeness (QED) is 0.747. The van der Waals surface area contributed by atoms with E-state index in [4.69, 9.17) is 16.0 Å². The van der Waals surface area contributed by atoms with Gasteiger partial charge in [-0.25, -0.2) is 4.98 Å². The molecule has 0 fully saturated rings. The van der Waals surface area contributed by atoms with Crippen LogP contribution in [0.1, 0.15) is 21.8 Å². The lowest BCUT2D eigenvalue weighted by Crippen LogP contribution is -2.25. The Kier molecular flexibility index (Phi) is 4.79. The SMILES string of the molecule is Cc1oc(-c2cccs2)nc1CCNC(=O)c1ccc(Cl)cc1. The number of benzene rings is 1. The zero-order valence-corrected chi connectivity index (χ0v) is 14.1. The summed E-state index contributed by atoms with van der Waals surface area (Å²) in [5.41, 5.74) is 1.45. The maximum Gasteiger partial charge on any atom is 0.251 e. The molecule has 2 heterocycles. The van der Waals surface area contributed by atoms with Crippen molar-refractivity contribution in [3.8, 4) is 10.8 Å². The third-order valence-electron chi connectivity index (χ3n) is 3.38. The number of nitrogens with zero attached hydrogens (tertiary/aromatic N) is 1. The number of carbonyl (C=O) groups is 1. The fourth-order valence-corrected chi connectivity index (χ4v) is 2.94. The molecule has 4 nitrogen and oxygen atoms in total. The molecule has 0 aliphatic rings. The van der Waals surface area contributed by atoms with Crippen molar-refractivity contribution in [3.05, 3.63) is 63.8 Å². The van der Waals surface area contributed by atoms with E-state index < -0.39 is 0 Å². The van der Waals surface area contributed by atoms with Crippen molar-refractivity contribution in [1.29, 1.82) is 0 Å². The number of rotatable bonds is 5. The second-order valence-electron chi connectivity index (χ2n) is 5.01. The molecule has 3 aromatic rings. The topological polar surface area (TPSA) is 55.1 Å². The fourth-order valence-electron chi connectivity index (χ4n) is 2.16. The number of hydrogen-bond acceptors (Lipinski definition) is 4. The lowest BCUT2D eigenvalue weighted by Gasteiger charge is -2.04. The van der Waals surface area contributed by atoms with Crippen LogP contribution >= 0.6 is 22.9 Å². The van der Waals surface area contributed by atoms with E-state index in [1.54, 1.807) is 35.6 Å². The zero-order valence-electron chi connectivity index (χ0n) is 12.5. The van der Waals surface area contributed by atoms with Crippen LogP contribution in [0, 0.1) is 6.92 Å². The van der Waals surface area contributed by atoms with Crippen LogP contribution in [0.2, 0.25) is 5.02 Å². The van der Waals surface area contributed by atoms with Crippen molar-refractivity contribution in [2.24, 2.45) is 0 Å². The Morgan fingerprint density at radius 3 is 2.78 bits per heavy atom. The molecule has 0 saturated heterocycles. The van der Waals surface area contributed by atoms with E-state index in [1.807, 2.05) is 24.4 Å². The van der Waals surface area contributed by atoms with E-state index >= 15 is 0 Å². The number of nitrogens with one attached hydrogen (secondary N) is 1. The molecule has 118 valence electrons. The number of aromatic nitrogens is 1. The van der Waals surface area contributed by atoms with Gasteiger partial charge in [-0.05, 0) is 42.6 Å². The Morgan fingerprint density at radius 2 is 2.09 bits per heavy atom. The first-order valence-corrected chi connectivity index (χ1v) is 8.43. The van der Waals surface area contributed by atoms with Crippen molar-refractivity contribution in [3.63, 3.8) is 0 Å². The predicted octanol–water partition coefficient (Wildman–Crippen LogP) is 4.34. The van der Waals surface area contributed by atoms with E-state index in [2.05, 4.69) is 10.3 Å². The number of thiophene rings is 1. The van der Waals surface area contributed by atoms with E-state index in [-0.39, 0.29) is 5.91 Å². The van der Waals surface area contributed by atoms with Crippen LogP contribution in [0.4, 0.5) is 0 Å². The largest absolute Gasteiger partial charge is 0.440 e. The summed E-state index contributed by atoms with van der Waals surface area (Å²) in [6.07, 6.45) is 0.625. The second-order valence-corrected chi connectivity index (χ2v) is 6.40. The lowest BCUT2D eigenvalue weighted by molar-refractivity contribution is 0.0954. The molecule has 0 saturated carbocycles. The number of aryl methyl sites for hydroxylation is 1. The van der Waals surface area contributed by atoms with Gasteiger partial charge in [-0.2, -0.15) is 0 Å². The first kappa shape index (κ1) is 15.8. The highest BCUT2D eigenvalue weighted by Gasteiger charge is 2.12. The fraction of sp³-hybridized carbons (Fsp3) is 0.176. The Hall–Kier alpha value is -2.11. The lowest BCUT2D eigenvalue weighted by atomic mass is 10.2. The Morgan fingerprint density at radius 1 is 1.30 bits per heavy atom. The third kappa shape index (κ3) is 3.81. The van der Waals surface area contributed by atoms with E-state index in [0.717, 1.165) is 16.3 Å². The van der Waals surface area contributed by atoms with Gasteiger partial charge in [-0.1, -0.05) is 17.7 Å². The molecule has 0 aliphatic carbocycles. The molecule has 2 aromatic heterocycles. The van der Waals surface area contributed by atoms with Crippen molar-refractivity contribution >= 4 is 28.8 Å². The van der Waals surface area contributed by atoms with Gasteiger partial charge in [0.1, 0.15) is 5.76 Å². The standard InChI is InChI=1S/C17H15ClN2O2S/c1-11-14(20-17(22-11)15-3-2-10-23-15)8-9-19-16(21)12-4-6-13(18)7-5-12/h2-7,10H,8-9H2,1H3,(H,19,21). The van der Waals surface area contributed by atoms with Crippen LogP contribution in [0.5, 0.6) is 0 Å². The monoisotopic (exact) mass is 346 g/mol. The molecule has 0 unspecified atom stereocenters. The zero-order chi connectivity index (χ0) is 16.2. The van der Waals surface area contributed by atoms with Crippen LogP contribution in [0.25, 0.3) is 10.8 Å². The summed E-state index contributed by atoms with van der Waals surface area (Å²) in [6, 6.07) is 10.7. The van der Waals surface area contributed by atoms with Gasteiger partial charge in [0, 0.05) is 23.6 Å². The second kappa shape index (κ2) is 6.98. The minimum atomic E-state index is -0.124. The molecule has 0 aliphatic heterocycles. The van der Waals surface area contributed by atoms with Crippen molar-refractivity contribution in [2.45, 2.75) is 13.3 Å². The molecule has 6 heteroatoms. The van der Waals surface area contributed by atoms with E-state index in [0.29, 0.717) is 29.4 Å². The Balaban J connectivity index is 1.58. The molecule has 0 bridgehead atoms. The summed E-state index contributed by atoms with van der Waals surface area (Å²) >= 11 is 7.40. The summed E-state index contributed by atoms with van der Waals surface area (Å²) in [5.74, 6) is 1.30. The Bertz CT molecular complexity index is 795. The van der Waals surface area contributed by atoms with Crippen LogP contribution < -0.4 is 5.32 Å². The minimum absolute atomic E-state index is 0.124. The molecular weight excluding hydrogens is 332 g/mol. The molecular formula is C17H15ClN2O2S. The van der Waals surface area contributed by atoms with Crippen molar-refractivity contribution in [1.82, 2.24) is 10.3 Å². The average Bonchev–Trinajstić information content (AvgIpc) is 3.18. The van der Waals surface area contributed by atoms with Gasteiger partial charge in [0.25, 0.3) is 5.91 Å². The van der Waals surface area contributed by atoms with Gasteiger partial charge in [0.05, 0.1) is 10.6 Å². The maximum atomic E-state index is 12.0.